The van der Waals surface area contributed by atoms with E-state index in [1.54, 1.807) is 13.0 Å². The Labute approximate surface area is 113 Å². The Morgan fingerprint density at radius 2 is 2.26 bits per heavy atom. The third-order valence-corrected chi connectivity index (χ3v) is 2.73. The van der Waals surface area contributed by atoms with E-state index in [4.69, 9.17) is 5.26 Å². The van der Waals surface area contributed by atoms with Gasteiger partial charge in [-0.15, -0.1) is 0 Å². The number of methoxy groups -OCH3 is 1. The zero-order valence-corrected chi connectivity index (χ0v) is 11.5. The van der Waals surface area contributed by atoms with Crippen LogP contribution in [-0.2, 0) is 16.1 Å². The number of hydrogen-bond donors (Lipinski definition) is 0. The summed E-state index contributed by atoms with van der Waals surface area (Å²) in [4.78, 5) is 13.3. The predicted octanol–water partition coefficient (Wildman–Crippen LogP) is 2.11. The first-order chi connectivity index (χ1) is 9.06. The van der Waals surface area contributed by atoms with Crippen LogP contribution in [0.1, 0.15) is 18.1 Å². The number of carbonyl (C=O) groups excluding carboxylic acids is 1. The molecule has 0 radical (unpaired) electrons. The van der Waals surface area contributed by atoms with Crippen molar-refractivity contribution in [2.75, 3.05) is 20.7 Å². The normalized spacial score (nSPS) is 11.2. The molecule has 0 heterocycles. The molecule has 0 aromatic heterocycles. The van der Waals surface area contributed by atoms with Crippen molar-refractivity contribution < 1.29 is 9.53 Å². The average molecular weight is 258 g/mol. The van der Waals surface area contributed by atoms with Crippen molar-refractivity contribution in [2.45, 2.75) is 13.5 Å². The number of carbonyl (C=O) groups is 1. The maximum Gasteiger partial charge on any atom is 0.333 e. The molecule has 0 bridgehead atoms. The van der Waals surface area contributed by atoms with E-state index in [1.807, 2.05) is 31.3 Å². The standard InChI is InChI=1S/C15H18N2O2/c1-12(15(18)19-3)7-8-17(2)11-14-6-4-5-13(9-14)10-16/h4-7,9H,8,11H2,1-3H3. The summed E-state index contributed by atoms with van der Waals surface area (Å²) in [6.45, 7) is 3.11. The van der Waals surface area contributed by atoms with Crippen molar-refractivity contribution in [1.29, 1.82) is 5.26 Å². The number of benzene rings is 1. The van der Waals surface area contributed by atoms with E-state index in [-0.39, 0.29) is 5.97 Å². The summed E-state index contributed by atoms with van der Waals surface area (Å²) < 4.78 is 4.63. The lowest BCUT2D eigenvalue weighted by Gasteiger charge is -2.15. The van der Waals surface area contributed by atoms with Gasteiger partial charge in [-0.05, 0) is 31.7 Å². The van der Waals surface area contributed by atoms with Crippen LogP contribution >= 0.6 is 0 Å². The minimum atomic E-state index is -0.306. The Kier molecular flexibility index (Phi) is 5.77. The smallest absolute Gasteiger partial charge is 0.333 e. The fourth-order valence-corrected chi connectivity index (χ4v) is 1.65. The van der Waals surface area contributed by atoms with Gasteiger partial charge in [0.15, 0.2) is 0 Å². The van der Waals surface area contributed by atoms with Crippen LogP contribution < -0.4 is 0 Å². The summed E-state index contributed by atoms with van der Waals surface area (Å²) >= 11 is 0. The number of nitrogens with zero attached hydrogens (tertiary/aromatic N) is 2. The van der Waals surface area contributed by atoms with Crippen molar-refractivity contribution in [1.82, 2.24) is 4.90 Å². The van der Waals surface area contributed by atoms with Gasteiger partial charge in [0.1, 0.15) is 0 Å². The summed E-state index contributed by atoms with van der Waals surface area (Å²) in [6, 6.07) is 9.63. The highest BCUT2D eigenvalue weighted by Gasteiger charge is 2.04. The molecule has 1 rings (SSSR count). The van der Waals surface area contributed by atoms with E-state index < -0.39 is 0 Å². The van der Waals surface area contributed by atoms with Crippen LogP contribution in [0.3, 0.4) is 0 Å². The zero-order chi connectivity index (χ0) is 14.3. The molecule has 1 aromatic rings. The maximum absolute atomic E-state index is 11.2. The lowest BCUT2D eigenvalue weighted by molar-refractivity contribution is -0.136. The third kappa shape index (κ3) is 4.94. The number of hydrogen-bond acceptors (Lipinski definition) is 4. The van der Waals surface area contributed by atoms with Crippen LogP contribution in [0.4, 0.5) is 0 Å². The van der Waals surface area contributed by atoms with Crippen molar-refractivity contribution in [3.05, 3.63) is 47.0 Å². The number of nitriles is 1. The quantitative estimate of drug-likeness (QED) is 0.599. The summed E-state index contributed by atoms with van der Waals surface area (Å²) in [5.74, 6) is -0.306. The molecule has 100 valence electrons. The largest absolute Gasteiger partial charge is 0.466 e. The number of likely N-dealkylation sites (N-methyl/N-ethyl adjacent to an activating group) is 1. The fraction of sp³-hybridized carbons (Fsp3) is 0.333. The molecule has 0 fully saturated rings. The number of esters is 1. The van der Waals surface area contributed by atoms with Gasteiger partial charge in [0.05, 0.1) is 18.7 Å². The Bertz CT molecular complexity index is 515. The summed E-state index contributed by atoms with van der Waals surface area (Å²) in [5.41, 5.74) is 2.33. The van der Waals surface area contributed by atoms with E-state index in [2.05, 4.69) is 15.7 Å². The molecule has 0 aliphatic rings. The molecule has 19 heavy (non-hydrogen) atoms. The molecule has 0 spiro atoms. The molecule has 0 saturated heterocycles. The highest BCUT2D eigenvalue weighted by molar-refractivity contribution is 5.87. The molecule has 4 heteroatoms. The Balaban J connectivity index is 2.58. The molecular weight excluding hydrogens is 240 g/mol. The molecule has 0 N–H and O–H groups in total. The predicted molar refractivity (Wildman–Crippen MR) is 73.3 cm³/mol. The molecule has 0 aliphatic heterocycles. The van der Waals surface area contributed by atoms with E-state index in [0.29, 0.717) is 17.7 Å². The SMILES string of the molecule is COC(=O)C(C)=CCN(C)Cc1cccc(C#N)c1. The highest BCUT2D eigenvalue weighted by atomic mass is 16.5. The topological polar surface area (TPSA) is 53.3 Å². The van der Waals surface area contributed by atoms with Crippen LogP contribution in [0, 0.1) is 11.3 Å². The number of rotatable bonds is 5. The molecule has 0 unspecified atom stereocenters. The molecule has 0 saturated carbocycles. The van der Waals surface area contributed by atoms with Gasteiger partial charge < -0.3 is 4.74 Å². The van der Waals surface area contributed by atoms with E-state index >= 15 is 0 Å². The first kappa shape index (κ1) is 14.9. The molecule has 0 atom stereocenters. The highest BCUT2D eigenvalue weighted by Crippen LogP contribution is 2.07. The van der Waals surface area contributed by atoms with Crippen LogP contribution in [0.15, 0.2) is 35.9 Å². The van der Waals surface area contributed by atoms with Gasteiger partial charge in [-0.1, -0.05) is 18.2 Å². The van der Waals surface area contributed by atoms with Gasteiger partial charge in [-0.3, -0.25) is 4.90 Å². The van der Waals surface area contributed by atoms with Crippen LogP contribution in [0.25, 0.3) is 0 Å². The third-order valence-electron chi connectivity index (χ3n) is 2.73. The molecule has 1 aromatic carbocycles. The second kappa shape index (κ2) is 7.34. The van der Waals surface area contributed by atoms with Gasteiger partial charge in [0.25, 0.3) is 0 Å². The van der Waals surface area contributed by atoms with Gasteiger partial charge in [0, 0.05) is 18.7 Å². The first-order valence-electron chi connectivity index (χ1n) is 5.99. The molecule has 0 aliphatic carbocycles. The zero-order valence-electron chi connectivity index (χ0n) is 11.5. The van der Waals surface area contributed by atoms with Gasteiger partial charge in [-0.25, -0.2) is 4.79 Å². The van der Waals surface area contributed by atoms with E-state index in [0.717, 1.165) is 12.1 Å². The van der Waals surface area contributed by atoms with Crippen molar-refractivity contribution in [2.24, 2.45) is 0 Å². The first-order valence-corrected chi connectivity index (χ1v) is 5.99. The Hall–Kier alpha value is -2.12. The van der Waals surface area contributed by atoms with Crippen LogP contribution in [-0.4, -0.2) is 31.6 Å². The molecule has 0 amide bonds. The summed E-state index contributed by atoms with van der Waals surface area (Å²) in [6.07, 6.45) is 1.83. The van der Waals surface area contributed by atoms with Gasteiger partial charge >= 0.3 is 5.97 Å². The van der Waals surface area contributed by atoms with E-state index in [1.165, 1.54) is 7.11 Å². The summed E-state index contributed by atoms with van der Waals surface area (Å²) in [5, 5.41) is 8.84. The number of ether oxygens (including phenoxy) is 1. The second-order valence-electron chi connectivity index (χ2n) is 4.39. The van der Waals surface area contributed by atoms with Gasteiger partial charge in [0.2, 0.25) is 0 Å². The van der Waals surface area contributed by atoms with Crippen molar-refractivity contribution in [3.63, 3.8) is 0 Å². The average Bonchev–Trinajstić information content (AvgIpc) is 2.44. The lowest BCUT2D eigenvalue weighted by atomic mass is 10.1. The second-order valence-corrected chi connectivity index (χ2v) is 4.39. The van der Waals surface area contributed by atoms with Crippen LogP contribution in [0.5, 0.6) is 0 Å². The Morgan fingerprint density at radius 3 is 2.89 bits per heavy atom. The molecular formula is C15H18N2O2. The van der Waals surface area contributed by atoms with Gasteiger partial charge in [-0.2, -0.15) is 5.26 Å². The maximum atomic E-state index is 11.2. The minimum absolute atomic E-state index is 0.306. The van der Waals surface area contributed by atoms with Crippen molar-refractivity contribution in [3.8, 4) is 6.07 Å². The minimum Gasteiger partial charge on any atom is -0.466 e. The van der Waals surface area contributed by atoms with Crippen molar-refractivity contribution >= 4 is 5.97 Å². The Morgan fingerprint density at radius 1 is 1.53 bits per heavy atom. The monoisotopic (exact) mass is 258 g/mol. The lowest BCUT2D eigenvalue weighted by Crippen LogP contribution is -2.18. The fourth-order valence-electron chi connectivity index (χ4n) is 1.65. The molecule has 4 nitrogen and oxygen atoms in total. The van der Waals surface area contributed by atoms with E-state index in [9.17, 15) is 4.79 Å². The summed E-state index contributed by atoms with van der Waals surface area (Å²) in [7, 11) is 3.33. The van der Waals surface area contributed by atoms with Crippen LogP contribution in [0.2, 0.25) is 0 Å².